The van der Waals surface area contributed by atoms with Crippen LogP contribution in [0, 0.1) is 0 Å². The van der Waals surface area contributed by atoms with Crippen LogP contribution < -0.4 is 4.72 Å². The third kappa shape index (κ3) is 4.04. The van der Waals surface area contributed by atoms with E-state index in [-0.39, 0.29) is 11.4 Å². The van der Waals surface area contributed by atoms with Gasteiger partial charge in [0.1, 0.15) is 5.76 Å². The number of sulfonamides is 1. The molecule has 0 spiro atoms. The zero-order valence-corrected chi connectivity index (χ0v) is 16.3. The van der Waals surface area contributed by atoms with Gasteiger partial charge in [-0.3, -0.25) is 0 Å². The Kier molecular flexibility index (Phi) is 5.35. The predicted molar refractivity (Wildman–Crippen MR) is 107 cm³/mol. The molecule has 1 aromatic heterocycles. The maximum absolute atomic E-state index is 12.6. The van der Waals surface area contributed by atoms with Crippen LogP contribution in [0.3, 0.4) is 0 Å². The molecule has 3 aromatic rings. The first-order valence-electron chi connectivity index (χ1n) is 9.46. The van der Waals surface area contributed by atoms with Crippen LogP contribution in [0.25, 0.3) is 11.3 Å². The highest BCUT2D eigenvalue weighted by Crippen LogP contribution is 2.25. The summed E-state index contributed by atoms with van der Waals surface area (Å²) >= 11 is 0. The van der Waals surface area contributed by atoms with Crippen LogP contribution in [0.5, 0.6) is 0 Å². The number of hydrogen-bond acceptors (Lipinski definition) is 4. The fourth-order valence-corrected chi connectivity index (χ4v) is 4.67. The second-order valence-electron chi connectivity index (χ2n) is 7.10. The van der Waals surface area contributed by atoms with Gasteiger partial charge in [0, 0.05) is 12.1 Å². The molecule has 1 heterocycles. The molecule has 0 unspecified atom stereocenters. The minimum atomic E-state index is -3.67. The fraction of sp³-hybridized carbons (Fsp3) is 0.273. The molecule has 146 valence electrons. The topological polar surface area (TPSA) is 79.5 Å². The molecule has 1 aliphatic carbocycles. The lowest BCUT2D eigenvalue weighted by atomic mass is 9.92. The summed E-state index contributed by atoms with van der Waals surface area (Å²) in [6, 6.07) is 16.2. The number of rotatable bonds is 6. The van der Waals surface area contributed by atoms with E-state index >= 15 is 0 Å². The smallest absolute Gasteiger partial charge is 0.240 e. The van der Waals surface area contributed by atoms with E-state index in [1.54, 1.807) is 30.5 Å². The van der Waals surface area contributed by atoms with E-state index in [2.05, 4.69) is 4.72 Å². The third-order valence-electron chi connectivity index (χ3n) is 5.20. The van der Waals surface area contributed by atoms with Gasteiger partial charge in [-0.05, 0) is 66.6 Å². The minimum absolute atomic E-state index is 0.0838. The largest absolute Gasteiger partial charge is 0.464 e. The molecule has 1 aliphatic rings. The molecule has 2 aromatic carbocycles. The van der Waals surface area contributed by atoms with Crippen LogP contribution in [-0.4, -0.2) is 20.1 Å². The monoisotopic (exact) mass is 397 g/mol. The summed E-state index contributed by atoms with van der Waals surface area (Å²) in [5.74, 6) is 0.745. The van der Waals surface area contributed by atoms with Gasteiger partial charge in [0.25, 0.3) is 0 Å². The highest BCUT2D eigenvalue weighted by Gasteiger charge is 2.19. The summed E-state index contributed by atoms with van der Waals surface area (Å²) in [7, 11) is -3.67. The van der Waals surface area contributed by atoms with E-state index in [1.807, 2.05) is 30.3 Å². The van der Waals surface area contributed by atoms with Crippen molar-refractivity contribution in [1.82, 2.24) is 4.72 Å². The molecule has 0 saturated carbocycles. The summed E-state index contributed by atoms with van der Waals surface area (Å²) in [4.78, 5) is 0.258. The molecular weight excluding hydrogens is 374 g/mol. The molecule has 1 atom stereocenters. The predicted octanol–water partition coefficient (Wildman–Crippen LogP) is 3.84. The van der Waals surface area contributed by atoms with E-state index in [1.165, 1.54) is 5.56 Å². The molecule has 0 radical (unpaired) electrons. The number of fused-ring (bicyclic) bond motifs is 1. The molecule has 2 N–H and O–H groups in total. The molecule has 4 rings (SSSR count). The summed E-state index contributed by atoms with van der Waals surface area (Å²) in [6.45, 7) is -0.0838. The zero-order chi connectivity index (χ0) is 19.6. The van der Waals surface area contributed by atoms with E-state index in [0.717, 1.165) is 42.6 Å². The van der Waals surface area contributed by atoms with Gasteiger partial charge in [-0.2, -0.15) is 0 Å². The van der Waals surface area contributed by atoms with Crippen LogP contribution in [0.15, 0.2) is 70.2 Å². The van der Waals surface area contributed by atoms with Crippen molar-refractivity contribution in [3.05, 3.63) is 77.6 Å². The molecule has 0 bridgehead atoms. The Morgan fingerprint density at radius 3 is 2.46 bits per heavy atom. The number of hydrogen-bond donors (Lipinski definition) is 2. The quantitative estimate of drug-likeness (QED) is 0.662. The fourth-order valence-electron chi connectivity index (χ4n) is 3.58. The molecule has 28 heavy (non-hydrogen) atoms. The Balaban J connectivity index is 1.43. The SMILES string of the molecule is O=S(=O)(NC[C@@H](O)c1ccc(-c2ccco2)cc1)c1ccc2c(c1)CCCC2. The Hall–Kier alpha value is -2.41. The molecular formula is C22H23NO4S. The number of aliphatic hydroxyl groups excluding tert-OH is 1. The third-order valence-corrected chi connectivity index (χ3v) is 6.62. The molecule has 0 fully saturated rings. The molecule has 0 aliphatic heterocycles. The van der Waals surface area contributed by atoms with E-state index in [9.17, 15) is 13.5 Å². The van der Waals surface area contributed by atoms with Crippen molar-refractivity contribution in [3.63, 3.8) is 0 Å². The standard InChI is InChI=1S/C22H23NO4S/c24-21(17-7-9-18(10-8-17)22-6-3-13-27-22)15-23-28(25,26)20-12-11-16-4-1-2-5-19(16)14-20/h3,6-14,21,23-24H,1-2,4-5,15H2/t21-/m1/s1. The lowest BCUT2D eigenvalue weighted by Gasteiger charge is -2.17. The average Bonchev–Trinajstić information content (AvgIpc) is 3.27. The number of aryl methyl sites for hydroxylation is 2. The van der Waals surface area contributed by atoms with Crippen molar-refractivity contribution >= 4 is 10.0 Å². The van der Waals surface area contributed by atoms with Crippen molar-refractivity contribution < 1.29 is 17.9 Å². The van der Waals surface area contributed by atoms with Gasteiger partial charge >= 0.3 is 0 Å². The first-order chi connectivity index (χ1) is 13.5. The zero-order valence-electron chi connectivity index (χ0n) is 15.5. The van der Waals surface area contributed by atoms with E-state index < -0.39 is 16.1 Å². The van der Waals surface area contributed by atoms with Gasteiger partial charge in [0.2, 0.25) is 10.0 Å². The van der Waals surface area contributed by atoms with Gasteiger partial charge < -0.3 is 9.52 Å². The lowest BCUT2D eigenvalue weighted by molar-refractivity contribution is 0.182. The normalized spacial score (nSPS) is 15.2. The Morgan fingerprint density at radius 2 is 1.75 bits per heavy atom. The first-order valence-corrected chi connectivity index (χ1v) is 10.9. The molecule has 0 amide bonds. The van der Waals surface area contributed by atoms with Crippen LogP contribution in [0.4, 0.5) is 0 Å². The average molecular weight is 397 g/mol. The van der Waals surface area contributed by atoms with Gasteiger partial charge in [0.05, 0.1) is 17.3 Å². The number of benzene rings is 2. The van der Waals surface area contributed by atoms with Crippen molar-refractivity contribution in [2.45, 2.75) is 36.7 Å². The Bertz CT molecular complexity index is 1040. The highest BCUT2D eigenvalue weighted by atomic mass is 32.2. The van der Waals surface area contributed by atoms with E-state index in [0.29, 0.717) is 5.56 Å². The van der Waals surface area contributed by atoms with Gasteiger partial charge in [-0.15, -0.1) is 0 Å². The first kappa shape index (κ1) is 18.9. The maximum Gasteiger partial charge on any atom is 0.240 e. The summed E-state index contributed by atoms with van der Waals surface area (Å²) in [5.41, 5.74) is 3.89. The number of nitrogens with one attached hydrogen (secondary N) is 1. The second-order valence-corrected chi connectivity index (χ2v) is 8.87. The van der Waals surface area contributed by atoms with Crippen LogP contribution in [0.2, 0.25) is 0 Å². The summed E-state index contributed by atoms with van der Waals surface area (Å²) in [6.07, 6.45) is 4.85. The van der Waals surface area contributed by atoms with Crippen molar-refractivity contribution in [2.75, 3.05) is 6.54 Å². The van der Waals surface area contributed by atoms with Crippen molar-refractivity contribution in [2.24, 2.45) is 0 Å². The van der Waals surface area contributed by atoms with Gasteiger partial charge in [-0.1, -0.05) is 30.3 Å². The van der Waals surface area contributed by atoms with Crippen LogP contribution in [-0.2, 0) is 22.9 Å². The lowest BCUT2D eigenvalue weighted by Crippen LogP contribution is -2.28. The van der Waals surface area contributed by atoms with E-state index in [4.69, 9.17) is 4.42 Å². The number of furan rings is 1. The molecule has 5 nitrogen and oxygen atoms in total. The Labute approximate surface area is 165 Å². The molecule has 6 heteroatoms. The summed E-state index contributed by atoms with van der Waals surface area (Å²) < 4.78 is 33.1. The van der Waals surface area contributed by atoms with Crippen molar-refractivity contribution in [1.29, 1.82) is 0 Å². The van der Waals surface area contributed by atoms with Crippen molar-refractivity contribution in [3.8, 4) is 11.3 Å². The number of aliphatic hydroxyl groups is 1. The summed E-state index contributed by atoms with van der Waals surface area (Å²) in [5, 5.41) is 10.4. The van der Waals surface area contributed by atoms with Crippen LogP contribution in [0.1, 0.15) is 35.6 Å². The highest BCUT2D eigenvalue weighted by molar-refractivity contribution is 7.89. The Morgan fingerprint density at radius 1 is 1.00 bits per heavy atom. The molecule has 0 saturated heterocycles. The van der Waals surface area contributed by atoms with Gasteiger partial charge in [-0.25, -0.2) is 13.1 Å². The van der Waals surface area contributed by atoms with Gasteiger partial charge in [0.15, 0.2) is 0 Å². The maximum atomic E-state index is 12.6. The van der Waals surface area contributed by atoms with Crippen LogP contribution >= 0.6 is 0 Å². The second kappa shape index (κ2) is 7.91. The minimum Gasteiger partial charge on any atom is -0.464 e.